The van der Waals surface area contributed by atoms with Crippen LogP contribution in [-0.4, -0.2) is 45.0 Å². The summed E-state index contributed by atoms with van der Waals surface area (Å²) in [5.41, 5.74) is 1.73. The number of amides is 2. The largest absolute Gasteiger partial charge is 0.396 e. The molecule has 2 N–H and O–H groups in total. The number of nitrogens with zero attached hydrogens (tertiary/aromatic N) is 3. The average Bonchev–Trinajstić information content (AvgIpc) is 3.29. The van der Waals surface area contributed by atoms with E-state index >= 15 is 0 Å². The number of anilines is 1. The van der Waals surface area contributed by atoms with Gasteiger partial charge in [-0.25, -0.2) is 4.79 Å². The standard InChI is InChI=1S/C18H26N4O2/c1-13(2)22-12-14-11-15(5-8-17(14)20-22)19-18(24)21(16-6-7-16)9-3-4-10-23/h5,8,11-13,16,23H,3-4,6-7,9-10H2,1-2H3,(H,19,24). The molecule has 0 radical (unpaired) electrons. The Labute approximate surface area is 142 Å². The number of fused-ring (bicyclic) bond motifs is 1. The van der Waals surface area contributed by atoms with Gasteiger partial charge < -0.3 is 15.3 Å². The van der Waals surface area contributed by atoms with Gasteiger partial charge in [-0.1, -0.05) is 0 Å². The lowest BCUT2D eigenvalue weighted by atomic mass is 10.2. The van der Waals surface area contributed by atoms with Gasteiger partial charge in [0.05, 0.1) is 5.52 Å². The van der Waals surface area contributed by atoms with Crippen molar-refractivity contribution in [3.05, 3.63) is 24.4 Å². The van der Waals surface area contributed by atoms with Crippen LogP contribution in [0.3, 0.4) is 0 Å². The summed E-state index contributed by atoms with van der Waals surface area (Å²) >= 11 is 0. The number of aliphatic hydroxyl groups excluding tert-OH is 1. The molecule has 1 heterocycles. The van der Waals surface area contributed by atoms with Crippen LogP contribution in [0.1, 0.15) is 45.6 Å². The minimum Gasteiger partial charge on any atom is -0.396 e. The molecule has 0 atom stereocenters. The molecule has 1 aliphatic rings. The fourth-order valence-electron chi connectivity index (χ4n) is 2.81. The Balaban J connectivity index is 1.69. The van der Waals surface area contributed by atoms with Crippen molar-refractivity contribution in [3.8, 4) is 0 Å². The molecule has 2 amide bonds. The van der Waals surface area contributed by atoms with Gasteiger partial charge in [-0.3, -0.25) is 4.68 Å². The van der Waals surface area contributed by atoms with Gasteiger partial charge in [-0.15, -0.1) is 0 Å². The first-order valence-electron chi connectivity index (χ1n) is 8.76. The van der Waals surface area contributed by atoms with Crippen LogP contribution in [0.5, 0.6) is 0 Å². The number of aliphatic hydroxyl groups is 1. The number of hydrogen-bond acceptors (Lipinski definition) is 3. The van der Waals surface area contributed by atoms with Crippen LogP contribution in [0.15, 0.2) is 24.4 Å². The van der Waals surface area contributed by atoms with Crippen LogP contribution in [0.4, 0.5) is 10.5 Å². The maximum atomic E-state index is 12.6. The predicted molar refractivity (Wildman–Crippen MR) is 95.2 cm³/mol. The fourth-order valence-corrected chi connectivity index (χ4v) is 2.81. The number of unbranched alkanes of at least 4 members (excludes halogenated alkanes) is 1. The number of aromatic nitrogens is 2. The highest BCUT2D eigenvalue weighted by Crippen LogP contribution is 2.28. The summed E-state index contributed by atoms with van der Waals surface area (Å²) in [4.78, 5) is 14.5. The molecule has 1 aliphatic carbocycles. The number of hydrogen-bond donors (Lipinski definition) is 2. The molecule has 1 fully saturated rings. The minimum atomic E-state index is -0.0500. The van der Waals surface area contributed by atoms with Crippen LogP contribution in [-0.2, 0) is 0 Å². The van der Waals surface area contributed by atoms with Crippen molar-refractivity contribution < 1.29 is 9.90 Å². The van der Waals surface area contributed by atoms with Gasteiger partial charge in [-0.2, -0.15) is 5.10 Å². The Morgan fingerprint density at radius 3 is 2.88 bits per heavy atom. The molecule has 0 aliphatic heterocycles. The molecule has 0 bridgehead atoms. The minimum absolute atomic E-state index is 0.0500. The zero-order valence-electron chi connectivity index (χ0n) is 14.4. The summed E-state index contributed by atoms with van der Waals surface area (Å²) in [7, 11) is 0. The summed E-state index contributed by atoms with van der Waals surface area (Å²) < 4.78 is 1.93. The van der Waals surface area contributed by atoms with Gasteiger partial charge in [0.25, 0.3) is 0 Å². The Morgan fingerprint density at radius 1 is 1.42 bits per heavy atom. The second-order valence-electron chi connectivity index (χ2n) is 6.76. The number of urea groups is 1. The van der Waals surface area contributed by atoms with Gasteiger partial charge in [0.1, 0.15) is 0 Å². The van der Waals surface area contributed by atoms with Crippen LogP contribution in [0.2, 0.25) is 0 Å². The summed E-state index contributed by atoms with van der Waals surface area (Å²) in [5.74, 6) is 0. The number of carbonyl (C=O) groups excluding carboxylic acids is 1. The van der Waals surface area contributed by atoms with Gasteiger partial charge in [0.2, 0.25) is 0 Å². The van der Waals surface area contributed by atoms with E-state index in [0.29, 0.717) is 18.6 Å². The summed E-state index contributed by atoms with van der Waals surface area (Å²) in [6.45, 7) is 5.06. The third kappa shape index (κ3) is 3.87. The summed E-state index contributed by atoms with van der Waals surface area (Å²) in [6, 6.07) is 6.43. The molecular weight excluding hydrogens is 304 g/mol. The van der Waals surface area contributed by atoms with Crippen molar-refractivity contribution in [1.82, 2.24) is 14.7 Å². The SMILES string of the molecule is CC(C)n1cc2cc(NC(=O)N(CCCCO)C3CC3)ccc2n1. The molecule has 6 heteroatoms. The smallest absolute Gasteiger partial charge is 0.322 e. The zero-order chi connectivity index (χ0) is 17.1. The highest BCUT2D eigenvalue weighted by Gasteiger charge is 2.32. The summed E-state index contributed by atoms with van der Waals surface area (Å²) in [6.07, 6.45) is 5.73. The van der Waals surface area contributed by atoms with Gasteiger partial charge in [-0.05, 0) is 57.7 Å². The van der Waals surface area contributed by atoms with E-state index in [1.165, 1.54) is 0 Å². The maximum absolute atomic E-state index is 12.6. The second-order valence-corrected chi connectivity index (χ2v) is 6.76. The first-order valence-corrected chi connectivity index (χ1v) is 8.76. The van der Waals surface area contributed by atoms with Crippen LogP contribution < -0.4 is 5.32 Å². The average molecular weight is 330 g/mol. The zero-order valence-corrected chi connectivity index (χ0v) is 14.4. The van der Waals surface area contributed by atoms with Crippen molar-refractivity contribution >= 4 is 22.6 Å². The van der Waals surface area contributed by atoms with Gasteiger partial charge >= 0.3 is 6.03 Å². The van der Waals surface area contributed by atoms with E-state index in [9.17, 15) is 4.79 Å². The molecule has 0 spiro atoms. The third-order valence-electron chi connectivity index (χ3n) is 4.36. The van der Waals surface area contributed by atoms with Crippen molar-refractivity contribution in [2.24, 2.45) is 0 Å². The van der Waals surface area contributed by atoms with E-state index in [4.69, 9.17) is 5.11 Å². The predicted octanol–water partition coefficient (Wildman–Crippen LogP) is 3.39. The molecule has 2 aromatic rings. The highest BCUT2D eigenvalue weighted by atomic mass is 16.3. The normalized spacial score (nSPS) is 14.3. The molecule has 1 aromatic carbocycles. The summed E-state index contributed by atoms with van der Waals surface area (Å²) in [5, 5.41) is 17.5. The number of benzene rings is 1. The molecule has 24 heavy (non-hydrogen) atoms. The maximum Gasteiger partial charge on any atom is 0.322 e. The molecule has 1 saturated carbocycles. The molecule has 0 unspecified atom stereocenters. The van der Waals surface area contributed by atoms with E-state index in [2.05, 4.69) is 24.3 Å². The second kappa shape index (κ2) is 7.21. The van der Waals surface area contributed by atoms with E-state index in [-0.39, 0.29) is 12.6 Å². The van der Waals surface area contributed by atoms with E-state index in [1.54, 1.807) is 0 Å². The topological polar surface area (TPSA) is 70.4 Å². The molecular formula is C18H26N4O2. The molecule has 1 aromatic heterocycles. The molecule has 3 rings (SSSR count). The van der Waals surface area contributed by atoms with E-state index < -0.39 is 0 Å². The van der Waals surface area contributed by atoms with Crippen molar-refractivity contribution in [3.63, 3.8) is 0 Å². The fraction of sp³-hybridized carbons (Fsp3) is 0.556. The van der Waals surface area contributed by atoms with Crippen LogP contribution >= 0.6 is 0 Å². The molecule has 6 nitrogen and oxygen atoms in total. The van der Waals surface area contributed by atoms with Crippen LogP contribution in [0.25, 0.3) is 10.9 Å². The van der Waals surface area contributed by atoms with E-state index in [1.807, 2.05) is 34.0 Å². The lowest BCUT2D eigenvalue weighted by Crippen LogP contribution is -2.37. The van der Waals surface area contributed by atoms with Gasteiger partial charge in [0.15, 0.2) is 0 Å². The van der Waals surface area contributed by atoms with Crippen molar-refractivity contribution in [2.75, 3.05) is 18.5 Å². The lowest BCUT2D eigenvalue weighted by molar-refractivity contribution is 0.204. The van der Waals surface area contributed by atoms with Crippen LogP contribution in [0, 0.1) is 0 Å². The number of rotatable bonds is 7. The molecule has 130 valence electrons. The Morgan fingerprint density at radius 2 is 2.21 bits per heavy atom. The monoisotopic (exact) mass is 330 g/mol. The first kappa shape index (κ1) is 16.8. The third-order valence-corrected chi connectivity index (χ3v) is 4.36. The van der Waals surface area contributed by atoms with Gasteiger partial charge in [0, 0.05) is 42.5 Å². The van der Waals surface area contributed by atoms with Crippen molar-refractivity contribution in [1.29, 1.82) is 0 Å². The molecule has 0 saturated heterocycles. The Kier molecular flexibility index (Phi) is 5.04. The lowest BCUT2D eigenvalue weighted by Gasteiger charge is -2.22. The first-order chi connectivity index (χ1) is 11.6. The highest BCUT2D eigenvalue weighted by molar-refractivity contribution is 5.92. The van der Waals surface area contributed by atoms with Crippen molar-refractivity contribution in [2.45, 2.75) is 51.6 Å². The number of carbonyl (C=O) groups is 1. The number of nitrogens with one attached hydrogen (secondary N) is 1. The Bertz CT molecular complexity index is 706. The Hall–Kier alpha value is -2.08. The quantitative estimate of drug-likeness (QED) is 0.765. The van der Waals surface area contributed by atoms with E-state index in [0.717, 1.165) is 42.3 Å².